The second-order valence-electron chi connectivity index (χ2n) is 4.72. The van der Waals surface area contributed by atoms with Crippen LogP contribution in [0.2, 0.25) is 0 Å². The van der Waals surface area contributed by atoms with Crippen molar-refractivity contribution in [2.45, 2.75) is 52.1 Å². The SMILES string of the molecule is CCNC/C(NC1CCC1)=C(\C)C(C)NC. The highest BCUT2D eigenvalue weighted by Gasteiger charge is 2.19. The summed E-state index contributed by atoms with van der Waals surface area (Å²) in [4.78, 5) is 0. The summed E-state index contributed by atoms with van der Waals surface area (Å²) in [5.41, 5.74) is 2.81. The Hall–Kier alpha value is -0.540. The number of likely N-dealkylation sites (N-methyl/N-ethyl adjacent to an activating group) is 2. The van der Waals surface area contributed by atoms with Crippen LogP contribution in [0.1, 0.15) is 40.0 Å². The van der Waals surface area contributed by atoms with Gasteiger partial charge in [-0.3, -0.25) is 0 Å². The molecule has 1 rings (SSSR count). The average molecular weight is 225 g/mol. The lowest BCUT2D eigenvalue weighted by Crippen LogP contribution is -2.40. The Morgan fingerprint density at radius 1 is 1.38 bits per heavy atom. The van der Waals surface area contributed by atoms with E-state index in [9.17, 15) is 0 Å². The lowest BCUT2D eigenvalue weighted by Gasteiger charge is -2.31. The topological polar surface area (TPSA) is 36.1 Å². The molecule has 0 amide bonds. The molecule has 0 spiro atoms. The van der Waals surface area contributed by atoms with Crippen LogP contribution >= 0.6 is 0 Å². The summed E-state index contributed by atoms with van der Waals surface area (Å²) in [5, 5.41) is 10.4. The predicted octanol–water partition coefficient (Wildman–Crippen LogP) is 1.62. The van der Waals surface area contributed by atoms with Crippen molar-refractivity contribution in [3.05, 3.63) is 11.3 Å². The molecule has 1 atom stereocenters. The first-order valence-corrected chi connectivity index (χ1v) is 6.53. The molecule has 0 bridgehead atoms. The van der Waals surface area contributed by atoms with E-state index in [2.05, 4.69) is 36.7 Å². The van der Waals surface area contributed by atoms with E-state index in [0.717, 1.165) is 13.1 Å². The maximum atomic E-state index is 3.68. The molecule has 0 aromatic heterocycles. The molecule has 94 valence electrons. The average Bonchev–Trinajstić information content (AvgIpc) is 2.25. The van der Waals surface area contributed by atoms with E-state index in [0.29, 0.717) is 12.1 Å². The first kappa shape index (κ1) is 13.5. The van der Waals surface area contributed by atoms with Crippen molar-refractivity contribution in [2.24, 2.45) is 0 Å². The van der Waals surface area contributed by atoms with Gasteiger partial charge in [-0.25, -0.2) is 0 Å². The molecule has 0 aliphatic heterocycles. The highest BCUT2D eigenvalue weighted by Crippen LogP contribution is 2.20. The van der Waals surface area contributed by atoms with Gasteiger partial charge in [-0.05, 0) is 52.3 Å². The summed E-state index contributed by atoms with van der Waals surface area (Å²) in [5.74, 6) is 0. The van der Waals surface area contributed by atoms with E-state index in [-0.39, 0.29) is 0 Å². The van der Waals surface area contributed by atoms with Gasteiger partial charge >= 0.3 is 0 Å². The summed E-state index contributed by atoms with van der Waals surface area (Å²) in [6.45, 7) is 8.57. The van der Waals surface area contributed by atoms with E-state index in [4.69, 9.17) is 0 Å². The van der Waals surface area contributed by atoms with Gasteiger partial charge in [-0.1, -0.05) is 6.92 Å². The van der Waals surface area contributed by atoms with Crippen molar-refractivity contribution in [3.8, 4) is 0 Å². The molecule has 1 unspecified atom stereocenters. The number of hydrogen-bond acceptors (Lipinski definition) is 3. The van der Waals surface area contributed by atoms with Crippen molar-refractivity contribution >= 4 is 0 Å². The van der Waals surface area contributed by atoms with Gasteiger partial charge in [0.25, 0.3) is 0 Å². The van der Waals surface area contributed by atoms with Crippen molar-refractivity contribution in [3.63, 3.8) is 0 Å². The second-order valence-corrected chi connectivity index (χ2v) is 4.72. The molecule has 1 aliphatic rings. The Kier molecular flexibility index (Phi) is 5.85. The van der Waals surface area contributed by atoms with Crippen LogP contribution in [0.3, 0.4) is 0 Å². The van der Waals surface area contributed by atoms with Crippen molar-refractivity contribution in [1.82, 2.24) is 16.0 Å². The Balaban J connectivity index is 2.59. The van der Waals surface area contributed by atoms with Crippen molar-refractivity contribution in [2.75, 3.05) is 20.1 Å². The Bertz CT molecular complexity index is 231. The molecule has 3 heteroatoms. The molecule has 0 radical (unpaired) electrons. The monoisotopic (exact) mass is 225 g/mol. The van der Waals surface area contributed by atoms with Gasteiger partial charge in [0.15, 0.2) is 0 Å². The fourth-order valence-corrected chi connectivity index (χ4v) is 1.83. The Labute approximate surface area is 100 Å². The molecule has 3 N–H and O–H groups in total. The van der Waals surface area contributed by atoms with E-state index >= 15 is 0 Å². The zero-order valence-corrected chi connectivity index (χ0v) is 11.2. The molecule has 16 heavy (non-hydrogen) atoms. The Morgan fingerprint density at radius 2 is 2.06 bits per heavy atom. The van der Waals surface area contributed by atoms with Crippen molar-refractivity contribution in [1.29, 1.82) is 0 Å². The molecule has 0 saturated heterocycles. The lowest BCUT2D eigenvalue weighted by atomic mass is 9.92. The van der Waals surface area contributed by atoms with Crippen LogP contribution in [0, 0.1) is 0 Å². The minimum Gasteiger partial charge on any atom is -0.385 e. The maximum absolute atomic E-state index is 3.68. The third-order valence-corrected chi connectivity index (χ3v) is 3.59. The summed E-state index contributed by atoms with van der Waals surface area (Å²) in [6.07, 6.45) is 4.04. The predicted molar refractivity (Wildman–Crippen MR) is 70.5 cm³/mol. The second kappa shape index (κ2) is 6.92. The Morgan fingerprint density at radius 3 is 2.50 bits per heavy atom. The van der Waals surface area contributed by atoms with Gasteiger partial charge in [-0.15, -0.1) is 0 Å². The molecular formula is C13H27N3. The molecule has 0 aromatic carbocycles. The quantitative estimate of drug-likeness (QED) is 0.616. The van der Waals surface area contributed by atoms with Gasteiger partial charge in [0.1, 0.15) is 0 Å². The maximum Gasteiger partial charge on any atom is 0.0354 e. The molecular weight excluding hydrogens is 198 g/mol. The molecule has 1 saturated carbocycles. The number of hydrogen-bond donors (Lipinski definition) is 3. The normalized spacial score (nSPS) is 20.0. The van der Waals surface area contributed by atoms with Crippen LogP contribution in [0.15, 0.2) is 11.3 Å². The zero-order valence-electron chi connectivity index (χ0n) is 11.2. The first-order chi connectivity index (χ1) is 7.69. The third kappa shape index (κ3) is 3.80. The van der Waals surface area contributed by atoms with Crippen LogP contribution in [0.25, 0.3) is 0 Å². The van der Waals surface area contributed by atoms with E-state index in [1.54, 1.807) is 0 Å². The fraction of sp³-hybridized carbons (Fsp3) is 0.846. The van der Waals surface area contributed by atoms with Crippen LogP contribution < -0.4 is 16.0 Å². The molecule has 0 aromatic rings. The minimum absolute atomic E-state index is 0.446. The highest BCUT2D eigenvalue weighted by molar-refractivity contribution is 5.18. The van der Waals surface area contributed by atoms with Crippen LogP contribution in [-0.2, 0) is 0 Å². The first-order valence-electron chi connectivity index (χ1n) is 6.53. The van der Waals surface area contributed by atoms with Crippen molar-refractivity contribution < 1.29 is 0 Å². The third-order valence-electron chi connectivity index (χ3n) is 3.59. The van der Waals surface area contributed by atoms with Crippen LogP contribution in [-0.4, -0.2) is 32.2 Å². The molecule has 1 aliphatic carbocycles. The minimum atomic E-state index is 0.446. The van der Waals surface area contributed by atoms with Gasteiger partial charge in [0.2, 0.25) is 0 Å². The summed E-state index contributed by atoms with van der Waals surface area (Å²) in [7, 11) is 2.02. The molecule has 1 fully saturated rings. The number of nitrogens with one attached hydrogen (secondary N) is 3. The summed E-state index contributed by atoms with van der Waals surface area (Å²) in [6, 6.07) is 1.16. The van der Waals surface area contributed by atoms with Crippen LogP contribution in [0.4, 0.5) is 0 Å². The molecule has 0 heterocycles. The van der Waals surface area contributed by atoms with Gasteiger partial charge in [0.05, 0.1) is 0 Å². The van der Waals surface area contributed by atoms with Crippen LogP contribution in [0.5, 0.6) is 0 Å². The fourth-order valence-electron chi connectivity index (χ4n) is 1.83. The summed E-state index contributed by atoms with van der Waals surface area (Å²) < 4.78 is 0. The standard InChI is InChI=1S/C13H27N3/c1-5-15-9-13(10(2)11(3)14-4)16-12-7-6-8-12/h11-12,14-16H,5-9H2,1-4H3/b13-10-. The zero-order chi connectivity index (χ0) is 12.0. The largest absolute Gasteiger partial charge is 0.385 e. The number of rotatable bonds is 7. The molecule has 3 nitrogen and oxygen atoms in total. The lowest BCUT2D eigenvalue weighted by molar-refractivity contribution is 0.358. The van der Waals surface area contributed by atoms with E-state index < -0.39 is 0 Å². The van der Waals surface area contributed by atoms with Gasteiger partial charge in [0, 0.05) is 24.3 Å². The van der Waals surface area contributed by atoms with Gasteiger partial charge < -0.3 is 16.0 Å². The smallest absolute Gasteiger partial charge is 0.0354 e. The van der Waals surface area contributed by atoms with Gasteiger partial charge in [-0.2, -0.15) is 0 Å². The van der Waals surface area contributed by atoms with E-state index in [1.807, 2.05) is 7.05 Å². The highest BCUT2D eigenvalue weighted by atomic mass is 15.0. The summed E-state index contributed by atoms with van der Waals surface area (Å²) >= 11 is 0. The van der Waals surface area contributed by atoms with E-state index in [1.165, 1.54) is 30.5 Å².